The van der Waals surface area contributed by atoms with E-state index in [2.05, 4.69) is 9.72 Å². The number of nitrogens with one attached hydrogen (secondary N) is 1. The highest BCUT2D eigenvalue weighted by molar-refractivity contribution is 5.86. The lowest BCUT2D eigenvalue weighted by Crippen LogP contribution is -2.45. The van der Waals surface area contributed by atoms with Gasteiger partial charge in [-0.1, -0.05) is 25.1 Å². The van der Waals surface area contributed by atoms with Gasteiger partial charge in [0.2, 0.25) is 5.91 Å². The molecule has 0 spiro atoms. The molecule has 2 atom stereocenters. The Balaban J connectivity index is 2.00. The minimum absolute atomic E-state index is 0.189. The first-order chi connectivity index (χ1) is 10.9. The van der Waals surface area contributed by atoms with Crippen molar-refractivity contribution in [2.45, 2.75) is 19.4 Å². The van der Waals surface area contributed by atoms with Gasteiger partial charge in [-0.3, -0.25) is 9.59 Å². The topological polar surface area (TPSA) is 88.4 Å². The zero-order chi connectivity index (χ0) is 17.0. The van der Waals surface area contributed by atoms with Crippen molar-refractivity contribution < 1.29 is 14.3 Å². The van der Waals surface area contributed by atoms with Gasteiger partial charge in [0.05, 0.1) is 19.1 Å². The van der Waals surface area contributed by atoms with Crippen LogP contribution in [0.15, 0.2) is 30.5 Å². The van der Waals surface area contributed by atoms with Crippen molar-refractivity contribution in [3.63, 3.8) is 0 Å². The van der Waals surface area contributed by atoms with Gasteiger partial charge in [0.25, 0.3) is 0 Å². The summed E-state index contributed by atoms with van der Waals surface area (Å²) < 4.78 is 4.67. The smallest absolute Gasteiger partial charge is 0.310 e. The molecule has 6 nitrogen and oxygen atoms in total. The molecule has 1 aromatic carbocycles. The lowest BCUT2D eigenvalue weighted by molar-refractivity contribution is -0.146. The molecule has 0 saturated heterocycles. The summed E-state index contributed by atoms with van der Waals surface area (Å²) in [5, 5.41) is 1.07. The zero-order valence-corrected chi connectivity index (χ0v) is 13.7. The molecule has 2 rings (SSSR count). The molecule has 0 aliphatic carbocycles. The number of hydrogen-bond donors (Lipinski definition) is 2. The van der Waals surface area contributed by atoms with Crippen molar-refractivity contribution >= 4 is 22.8 Å². The molecule has 0 saturated carbocycles. The summed E-state index contributed by atoms with van der Waals surface area (Å²) in [6.07, 6.45) is 2.33. The average Bonchev–Trinajstić information content (AvgIpc) is 2.96. The van der Waals surface area contributed by atoms with Crippen molar-refractivity contribution in [3.05, 3.63) is 36.0 Å². The van der Waals surface area contributed by atoms with Gasteiger partial charge in [-0.2, -0.15) is 0 Å². The number of benzene rings is 1. The summed E-state index contributed by atoms with van der Waals surface area (Å²) in [5.41, 5.74) is 8.10. The number of aromatic amines is 1. The van der Waals surface area contributed by atoms with Gasteiger partial charge in [-0.25, -0.2) is 0 Å². The Hall–Kier alpha value is -2.34. The molecule has 124 valence electrons. The quantitative estimate of drug-likeness (QED) is 0.786. The Morgan fingerprint density at radius 2 is 2.04 bits per heavy atom. The van der Waals surface area contributed by atoms with Gasteiger partial charge >= 0.3 is 5.97 Å². The second-order valence-corrected chi connectivity index (χ2v) is 5.81. The lowest BCUT2D eigenvalue weighted by atomic mass is 10.0. The first kappa shape index (κ1) is 17.0. The third-order valence-electron chi connectivity index (χ3n) is 3.96. The van der Waals surface area contributed by atoms with E-state index in [1.165, 1.54) is 12.0 Å². The highest BCUT2D eigenvalue weighted by atomic mass is 16.5. The van der Waals surface area contributed by atoms with Crippen LogP contribution in [-0.4, -0.2) is 48.5 Å². The van der Waals surface area contributed by atoms with Gasteiger partial charge in [0.15, 0.2) is 0 Å². The predicted octanol–water partition coefficient (Wildman–Crippen LogP) is 1.31. The molecule has 2 aromatic rings. The highest BCUT2D eigenvalue weighted by Gasteiger charge is 2.23. The van der Waals surface area contributed by atoms with Gasteiger partial charge in [-0.05, 0) is 18.1 Å². The van der Waals surface area contributed by atoms with Crippen LogP contribution in [0.3, 0.4) is 0 Å². The molecule has 0 radical (unpaired) electrons. The fraction of sp³-hybridized carbons (Fsp3) is 0.412. The summed E-state index contributed by atoms with van der Waals surface area (Å²) in [7, 11) is 2.99. The van der Waals surface area contributed by atoms with E-state index >= 15 is 0 Å². The number of hydrogen-bond acceptors (Lipinski definition) is 4. The maximum absolute atomic E-state index is 12.4. The second-order valence-electron chi connectivity index (χ2n) is 5.81. The Kier molecular flexibility index (Phi) is 5.39. The number of para-hydroxylation sites is 1. The van der Waals surface area contributed by atoms with E-state index < -0.39 is 6.04 Å². The van der Waals surface area contributed by atoms with Crippen molar-refractivity contribution in [1.29, 1.82) is 0 Å². The van der Waals surface area contributed by atoms with E-state index in [-0.39, 0.29) is 24.3 Å². The maximum Gasteiger partial charge on any atom is 0.310 e. The molecule has 3 N–H and O–H groups in total. The Morgan fingerprint density at radius 3 is 2.74 bits per heavy atom. The van der Waals surface area contributed by atoms with Crippen LogP contribution in [0, 0.1) is 5.92 Å². The van der Waals surface area contributed by atoms with Crippen LogP contribution in [0.2, 0.25) is 0 Å². The van der Waals surface area contributed by atoms with Crippen molar-refractivity contribution in [2.75, 3.05) is 20.7 Å². The number of carbonyl (C=O) groups is 2. The van der Waals surface area contributed by atoms with E-state index in [0.29, 0.717) is 6.42 Å². The van der Waals surface area contributed by atoms with E-state index in [4.69, 9.17) is 5.73 Å². The summed E-state index contributed by atoms with van der Waals surface area (Å²) in [6, 6.07) is 7.24. The predicted molar refractivity (Wildman–Crippen MR) is 88.8 cm³/mol. The first-order valence-corrected chi connectivity index (χ1v) is 7.57. The Bertz CT molecular complexity index is 695. The number of nitrogens with two attached hydrogens (primary N) is 1. The van der Waals surface area contributed by atoms with Crippen LogP contribution in [-0.2, 0) is 20.7 Å². The Morgan fingerprint density at radius 1 is 1.35 bits per heavy atom. The van der Waals surface area contributed by atoms with E-state index in [9.17, 15) is 9.59 Å². The van der Waals surface area contributed by atoms with Crippen LogP contribution < -0.4 is 5.73 Å². The number of fused-ring (bicyclic) bond motifs is 1. The standard InChI is InChI=1S/C17H23N3O3/c1-11(17(22)23-3)10-20(2)16(21)14(18)8-12-9-19-15-7-5-4-6-13(12)15/h4-7,9,11,14,19H,8,10,18H2,1-3H3/t11?,14-/m0/s1. The SMILES string of the molecule is COC(=O)C(C)CN(C)C(=O)[C@@H](N)Cc1c[nH]c2ccccc12. The fourth-order valence-corrected chi connectivity index (χ4v) is 2.68. The number of aromatic nitrogens is 1. The average molecular weight is 317 g/mol. The van der Waals surface area contributed by atoms with Crippen molar-refractivity contribution in [2.24, 2.45) is 11.7 Å². The number of H-pyrrole nitrogens is 1. The monoisotopic (exact) mass is 317 g/mol. The van der Waals surface area contributed by atoms with Crippen LogP contribution >= 0.6 is 0 Å². The largest absolute Gasteiger partial charge is 0.469 e. The number of carbonyl (C=O) groups excluding carboxylic acids is 2. The normalized spacial score (nSPS) is 13.6. The third kappa shape index (κ3) is 3.90. The molecular formula is C17H23N3O3. The molecule has 0 aliphatic rings. The van der Waals surface area contributed by atoms with Gasteiger partial charge < -0.3 is 20.4 Å². The highest BCUT2D eigenvalue weighted by Crippen LogP contribution is 2.19. The number of methoxy groups -OCH3 is 1. The molecular weight excluding hydrogens is 294 g/mol. The van der Waals surface area contributed by atoms with Crippen LogP contribution in [0.25, 0.3) is 10.9 Å². The summed E-state index contributed by atoms with van der Waals surface area (Å²) in [6.45, 7) is 2.01. The summed E-state index contributed by atoms with van der Waals surface area (Å²) >= 11 is 0. The number of ether oxygens (including phenoxy) is 1. The molecule has 0 aliphatic heterocycles. The fourth-order valence-electron chi connectivity index (χ4n) is 2.68. The second kappa shape index (κ2) is 7.28. The first-order valence-electron chi connectivity index (χ1n) is 7.57. The minimum Gasteiger partial charge on any atom is -0.469 e. The molecule has 23 heavy (non-hydrogen) atoms. The minimum atomic E-state index is -0.649. The summed E-state index contributed by atoms with van der Waals surface area (Å²) in [4.78, 5) is 28.5. The lowest BCUT2D eigenvalue weighted by Gasteiger charge is -2.23. The van der Waals surface area contributed by atoms with Gasteiger partial charge in [-0.15, -0.1) is 0 Å². The molecule has 0 bridgehead atoms. The molecule has 1 aromatic heterocycles. The van der Waals surface area contributed by atoms with Gasteiger partial charge in [0.1, 0.15) is 0 Å². The molecule has 6 heteroatoms. The van der Waals surface area contributed by atoms with Crippen molar-refractivity contribution in [1.82, 2.24) is 9.88 Å². The third-order valence-corrected chi connectivity index (χ3v) is 3.96. The van der Waals surface area contributed by atoms with E-state index in [1.54, 1.807) is 14.0 Å². The zero-order valence-electron chi connectivity index (χ0n) is 13.7. The number of likely N-dealkylation sites (N-methyl/N-ethyl adjacent to an activating group) is 1. The number of nitrogens with zero attached hydrogens (tertiary/aromatic N) is 1. The van der Waals surface area contributed by atoms with Crippen molar-refractivity contribution in [3.8, 4) is 0 Å². The number of amides is 1. The number of rotatable bonds is 6. The summed E-state index contributed by atoms with van der Waals surface area (Å²) in [5.74, 6) is -0.907. The molecule has 1 heterocycles. The molecule has 1 amide bonds. The van der Waals surface area contributed by atoms with E-state index in [0.717, 1.165) is 16.5 Å². The molecule has 1 unspecified atom stereocenters. The Labute approximate surface area is 135 Å². The van der Waals surface area contributed by atoms with Gasteiger partial charge in [0, 0.05) is 30.7 Å². The van der Waals surface area contributed by atoms with Crippen LogP contribution in [0.5, 0.6) is 0 Å². The number of esters is 1. The van der Waals surface area contributed by atoms with Crippen LogP contribution in [0.1, 0.15) is 12.5 Å². The maximum atomic E-state index is 12.4. The van der Waals surface area contributed by atoms with Crippen LogP contribution in [0.4, 0.5) is 0 Å². The van der Waals surface area contributed by atoms with E-state index in [1.807, 2.05) is 30.5 Å². The molecule has 0 fully saturated rings.